The Kier molecular flexibility index (Phi) is 12.2. The van der Waals surface area contributed by atoms with Gasteiger partial charge in [-0.15, -0.1) is 0 Å². The molecule has 5 rings (SSSR count). The van der Waals surface area contributed by atoms with E-state index in [-0.39, 0.29) is 37.6 Å². The van der Waals surface area contributed by atoms with Gasteiger partial charge in [-0.3, -0.25) is 24.0 Å². The highest BCUT2D eigenvalue weighted by Crippen LogP contribution is 2.26. The van der Waals surface area contributed by atoms with Gasteiger partial charge >= 0.3 is 0 Å². The predicted octanol–water partition coefficient (Wildman–Crippen LogP) is 3.65. The van der Waals surface area contributed by atoms with Gasteiger partial charge in [-0.1, -0.05) is 115 Å². The van der Waals surface area contributed by atoms with Gasteiger partial charge in [-0.05, 0) is 27.8 Å². The summed E-state index contributed by atoms with van der Waals surface area (Å²) in [4.78, 5) is 75.2. The Labute approximate surface area is 305 Å². The third-order valence-electron chi connectivity index (χ3n) is 10.1. The van der Waals surface area contributed by atoms with E-state index in [0.29, 0.717) is 6.42 Å². The Morgan fingerprint density at radius 2 is 0.981 bits per heavy atom. The zero-order valence-corrected chi connectivity index (χ0v) is 30.2. The molecule has 0 radical (unpaired) electrons. The summed E-state index contributed by atoms with van der Waals surface area (Å²) in [6.45, 7) is 1.74. The molecule has 4 atom stereocenters. The van der Waals surface area contributed by atoms with Gasteiger partial charge in [-0.2, -0.15) is 0 Å². The summed E-state index contributed by atoms with van der Waals surface area (Å²) in [7, 11) is 4.68. The van der Waals surface area contributed by atoms with Gasteiger partial charge in [0, 0.05) is 60.3 Å². The Morgan fingerprint density at radius 3 is 1.42 bits per heavy atom. The monoisotopic (exact) mass is 701 g/mol. The maximum Gasteiger partial charge on any atom is 0.246 e. The quantitative estimate of drug-likeness (QED) is 0.228. The van der Waals surface area contributed by atoms with Crippen LogP contribution in [0.3, 0.4) is 0 Å². The molecule has 0 unspecified atom stereocenters. The van der Waals surface area contributed by atoms with Gasteiger partial charge in [0.25, 0.3) is 0 Å². The summed E-state index contributed by atoms with van der Waals surface area (Å²) in [5.41, 5.74) is 10.3. The van der Waals surface area contributed by atoms with Crippen molar-refractivity contribution in [2.45, 2.75) is 63.3 Å². The number of amides is 5. The summed E-state index contributed by atoms with van der Waals surface area (Å²) >= 11 is 0. The Hall–Kier alpha value is -5.77. The van der Waals surface area contributed by atoms with Gasteiger partial charge in [-0.25, -0.2) is 0 Å². The highest BCUT2D eigenvalue weighted by Gasteiger charge is 2.41. The van der Waals surface area contributed by atoms with E-state index in [1.807, 2.05) is 115 Å². The molecule has 1 aliphatic heterocycles. The number of hydrogen-bond donors (Lipinski definition) is 1. The molecule has 10 heteroatoms. The molecular weight excluding hydrogens is 654 g/mol. The van der Waals surface area contributed by atoms with E-state index in [0.717, 1.165) is 27.8 Å². The molecule has 0 saturated carbocycles. The fourth-order valence-electron chi connectivity index (χ4n) is 6.96. The number of nitrogens with zero attached hydrogens (tertiary/aromatic N) is 4. The number of fused-ring (bicyclic) bond motifs is 1. The normalized spacial score (nSPS) is 15.4. The van der Waals surface area contributed by atoms with Crippen molar-refractivity contribution >= 4 is 29.5 Å². The van der Waals surface area contributed by atoms with Crippen LogP contribution in [0.4, 0.5) is 0 Å². The second-order valence-corrected chi connectivity index (χ2v) is 13.5. The molecule has 0 aromatic heterocycles. The molecule has 1 aliphatic rings. The number of nitrogens with two attached hydrogens (primary N) is 1. The minimum Gasteiger partial charge on any atom is -0.368 e. The number of hydrogen-bond acceptors (Lipinski definition) is 5. The van der Waals surface area contributed by atoms with Crippen LogP contribution < -0.4 is 5.73 Å². The number of carbonyl (C=O) groups is 5. The summed E-state index contributed by atoms with van der Waals surface area (Å²) in [6, 6.07) is 31.9. The molecule has 10 nitrogen and oxygen atoms in total. The van der Waals surface area contributed by atoms with Crippen molar-refractivity contribution in [3.63, 3.8) is 0 Å². The van der Waals surface area contributed by atoms with Crippen molar-refractivity contribution in [2.24, 2.45) is 5.73 Å². The molecule has 4 aromatic carbocycles. The van der Waals surface area contributed by atoms with E-state index >= 15 is 0 Å². The van der Waals surface area contributed by atoms with E-state index in [1.54, 1.807) is 19.0 Å². The molecule has 0 saturated heterocycles. The Bertz CT molecular complexity index is 1870. The average Bonchev–Trinajstić information content (AvgIpc) is 3.17. The van der Waals surface area contributed by atoms with Crippen molar-refractivity contribution in [1.29, 1.82) is 0 Å². The molecule has 5 amide bonds. The second kappa shape index (κ2) is 17.0. The highest BCUT2D eigenvalue weighted by atomic mass is 16.2. The van der Waals surface area contributed by atoms with E-state index in [2.05, 4.69) is 0 Å². The van der Waals surface area contributed by atoms with Crippen LogP contribution in [0.15, 0.2) is 115 Å². The first-order valence-corrected chi connectivity index (χ1v) is 17.5. The molecule has 270 valence electrons. The van der Waals surface area contributed by atoms with Gasteiger partial charge in [0.1, 0.15) is 24.2 Å². The zero-order chi connectivity index (χ0) is 37.4. The summed E-state index contributed by atoms with van der Waals surface area (Å²) < 4.78 is 0. The largest absolute Gasteiger partial charge is 0.368 e. The molecule has 52 heavy (non-hydrogen) atoms. The summed E-state index contributed by atoms with van der Waals surface area (Å²) in [6.07, 6.45) is 0.863. The van der Waals surface area contributed by atoms with Crippen molar-refractivity contribution in [1.82, 2.24) is 19.6 Å². The topological polar surface area (TPSA) is 124 Å². The highest BCUT2D eigenvalue weighted by molar-refractivity contribution is 5.95. The molecule has 2 N–H and O–H groups in total. The van der Waals surface area contributed by atoms with Crippen LogP contribution in [-0.4, -0.2) is 94.4 Å². The zero-order valence-electron chi connectivity index (χ0n) is 30.2. The van der Waals surface area contributed by atoms with Crippen molar-refractivity contribution in [2.75, 3.05) is 21.1 Å². The van der Waals surface area contributed by atoms with Crippen LogP contribution >= 0.6 is 0 Å². The van der Waals surface area contributed by atoms with Crippen molar-refractivity contribution < 1.29 is 24.0 Å². The van der Waals surface area contributed by atoms with Crippen LogP contribution in [0.1, 0.15) is 34.7 Å². The average molecular weight is 702 g/mol. The van der Waals surface area contributed by atoms with E-state index in [4.69, 9.17) is 5.73 Å². The SMILES string of the molecule is CC(=O)N1Cc2ccccc2C[C@H]1C(=O)N(C)[C@@H](Cc1ccccc1)C(=O)N(C)[C@@H](Cc1ccccc1)C(=O)N(C)[C@@H](Cc1ccccc1)C(N)=O. The molecule has 0 fully saturated rings. The fourth-order valence-corrected chi connectivity index (χ4v) is 6.96. The van der Waals surface area contributed by atoms with E-state index < -0.39 is 41.9 Å². The maximum atomic E-state index is 14.8. The minimum absolute atomic E-state index is 0.163. The first kappa shape index (κ1) is 37.5. The molecule has 1 heterocycles. The number of benzene rings is 4. The third-order valence-corrected chi connectivity index (χ3v) is 10.1. The van der Waals surface area contributed by atoms with Gasteiger partial charge in [0.15, 0.2) is 0 Å². The van der Waals surface area contributed by atoms with Crippen LogP contribution in [0, 0.1) is 0 Å². The number of primary amides is 1. The molecular formula is C42H47N5O5. The lowest BCUT2D eigenvalue weighted by Gasteiger charge is -2.40. The minimum atomic E-state index is -1.03. The van der Waals surface area contributed by atoms with Gasteiger partial charge in [0.2, 0.25) is 29.5 Å². The Balaban J connectivity index is 1.48. The maximum absolute atomic E-state index is 14.8. The van der Waals surface area contributed by atoms with Crippen molar-refractivity contribution in [3.8, 4) is 0 Å². The number of rotatable bonds is 13. The van der Waals surface area contributed by atoms with Gasteiger partial charge < -0.3 is 25.3 Å². The van der Waals surface area contributed by atoms with Gasteiger partial charge in [0.05, 0.1) is 0 Å². The Morgan fingerprint density at radius 1 is 0.596 bits per heavy atom. The standard InChI is InChI=1S/C42H47N5O5/c1-29(48)47-28-34-23-15-14-22-33(34)27-38(47)42(52)46(4)37(26-32-20-12-7-13-21-32)41(51)45(3)36(25-31-18-10-6-11-19-31)40(50)44(2)35(39(43)49)24-30-16-8-5-9-17-30/h5-23,35-38H,24-28H2,1-4H3,(H2,43,49)/t35-,36-,37-,38-/m0/s1. The fraction of sp³-hybridized carbons (Fsp3) is 0.310. The molecule has 0 bridgehead atoms. The number of likely N-dealkylation sites (N-methyl/N-ethyl adjacent to an activating group) is 3. The number of carbonyl (C=O) groups excluding carboxylic acids is 5. The molecule has 4 aromatic rings. The van der Waals surface area contributed by atoms with E-state index in [9.17, 15) is 24.0 Å². The van der Waals surface area contributed by atoms with Crippen LogP contribution in [-0.2, 0) is 56.2 Å². The summed E-state index contributed by atoms with van der Waals surface area (Å²) in [5, 5.41) is 0. The second-order valence-electron chi connectivity index (χ2n) is 13.5. The van der Waals surface area contributed by atoms with Crippen LogP contribution in [0.25, 0.3) is 0 Å². The molecule has 0 aliphatic carbocycles. The van der Waals surface area contributed by atoms with Crippen molar-refractivity contribution in [3.05, 3.63) is 143 Å². The van der Waals surface area contributed by atoms with Crippen LogP contribution in [0.2, 0.25) is 0 Å². The first-order valence-electron chi connectivity index (χ1n) is 17.5. The lowest BCUT2D eigenvalue weighted by Crippen LogP contribution is -2.60. The van der Waals surface area contributed by atoms with E-state index in [1.165, 1.54) is 28.7 Å². The lowest BCUT2D eigenvalue weighted by atomic mass is 9.92. The van der Waals surface area contributed by atoms with Crippen LogP contribution in [0.5, 0.6) is 0 Å². The summed E-state index contributed by atoms with van der Waals surface area (Å²) in [5.74, 6) is -2.18. The lowest BCUT2D eigenvalue weighted by molar-refractivity contribution is -0.154. The predicted molar refractivity (Wildman–Crippen MR) is 199 cm³/mol. The first-order chi connectivity index (χ1) is 25.0. The smallest absolute Gasteiger partial charge is 0.246 e. The third kappa shape index (κ3) is 8.74. The molecule has 0 spiro atoms.